The summed E-state index contributed by atoms with van der Waals surface area (Å²) in [5.74, 6) is 1.71. The molecule has 1 aliphatic rings. The molecule has 4 heteroatoms. The van der Waals surface area contributed by atoms with Crippen LogP contribution in [0.4, 0.5) is 0 Å². The van der Waals surface area contributed by atoms with Gasteiger partial charge in [0.25, 0.3) is 0 Å². The van der Waals surface area contributed by atoms with Crippen molar-refractivity contribution in [2.45, 2.75) is 50.5 Å². The lowest BCUT2D eigenvalue weighted by atomic mass is 9.81. The first kappa shape index (κ1) is 20.8. The van der Waals surface area contributed by atoms with E-state index in [1.807, 2.05) is 42.5 Å². The molecule has 1 N–H and O–H groups in total. The summed E-state index contributed by atoms with van der Waals surface area (Å²) in [6, 6.07) is 18.0. The van der Waals surface area contributed by atoms with Crippen molar-refractivity contribution in [2.24, 2.45) is 0 Å². The van der Waals surface area contributed by atoms with E-state index in [1.54, 1.807) is 0 Å². The fourth-order valence-corrected chi connectivity index (χ4v) is 3.19. The number of rotatable bonds is 5. The van der Waals surface area contributed by atoms with Gasteiger partial charge in [0.1, 0.15) is 11.5 Å². The predicted octanol–water partition coefficient (Wildman–Crippen LogP) is 5.95. The number of hydrogen-bond donors (Lipinski definition) is 1. The third-order valence-corrected chi connectivity index (χ3v) is 4.57. The number of aliphatic hydroxyl groups is 1. The number of benzene rings is 2. The van der Waals surface area contributed by atoms with Gasteiger partial charge >= 0.3 is 0 Å². The summed E-state index contributed by atoms with van der Waals surface area (Å²) in [6.07, 6.45) is 7.33. The minimum atomic E-state index is -0.433. The molecule has 0 bridgehead atoms. The third kappa shape index (κ3) is 6.01. The predicted molar refractivity (Wildman–Crippen MR) is 104 cm³/mol. The summed E-state index contributed by atoms with van der Waals surface area (Å²) in [6.45, 7) is 0. The van der Waals surface area contributed by atoms with Crippen LogP contribution >= 0.6 is 24.8 Å². The van der Waals surface area contributed by atoms with Gasteiger partial charge in [-0.1, -0.05) is 49.6 Å². The van der Waals surface area contributed by atoms with Crippen molar-refractivity contribution in [3.8, 4) is 11.5 Å². The lowest BCUT2D eigenvalue weighted by Gasteiger charge is -2.32. The Balaban J connectivity index is 0.00000144. The van der Waals surface area contributed by atoms with Gasteiger partial charge in [-0.15, -0.1) is 24.8 Å². The number of hydrogen-bond acceptors (Lipinski definition) is 2. The van der Waals surface area contributed by atoms with E-state index in [2.05, 4.69) is 12.1 Å². The normalized spacial score (nSPS) is 15.7. The van der Waals surface area contributed by atoms with Gasteiger partial charge in [0, 0.05) is 0 Å². The van der Waals surface area contributed by atoms with E-state index in [-0.39, 0.29) is 24.8 Å². The fourth-order valence-electron chi connectivity index (χ4n) is 3.19. The second-order valence-corrected chi connectivity index (χ2v) is 6.34. The Morgan fingerprint density at radius 1 is 0.792 bits per heavy atom. The van der Waals surface area contributed by atoms with Crippen LogP contribution in [0.3, 0.4) is 0 Å². The van der Waals surface area contributed by atoms with Gasteiger partial charge in [-0.25, -0.2) is 0 Å². The summed E-state index contributed by atoms with van der Waals surface area (Å²) < 4.78 is 5.80. The summed E-state index contributed by atoms with van der Waals surface area (Å²) in [5.41, 5.74) is 0.830. The Kier molecular flexibility index (Phi) is 8.61. The smallest absolute Gasteiger partial charge is 0.127 e. The summed E-state index contributed by atoms with van der Waals surface area (Å²) in [4.78, 5) is 0. The summed E-state index contributed by atoms with van der Waals surface area (Å²) >= 11 is 0. The molecule has 24 heavy (non-hydrogen) atoms. The highest BCUT2D eigenvalue weighted by molar-refractivity contribution is 5.85. The molecular weight excluding hydrogens is 343 g/mol. The molecule has 0 spiro atoms. The largest absolute Gasteiger partial charge is 0.457 e. The summed E-state index contributed by atoms with van der Waals surface area (Å²) in [5, 5.41) is 10.6. The van der Waals surface area contributed by atoms with E-state index in [1.165, 1.54) is 24.8 Å². The number of halogens is 2. The highest BCUT2D eigenvalue weighted by atomic mass is 35.5. The van der Waals surface area contributed by atoms with Crippen molar-refractivity contribution in [3.05, 3.63) is 60.2 Å². The van der Waals surface area contributed by atoms with E-state index in [9.17, 15) is 5.11 Å². The molecular formula is C20H26Cl2O2. The molecule has 0 radical (unpaired) electrons. The molecule has 1 saturated carbocycles. The van der Waals surface area contributed by atoms with Gasteiger partial charge in [-0.05, 0) is 55.5 Å². The molecule has 0 amide bonds. The van der Waals surface area contributed by atoms with Gasteiger partial charge in [-0.2, -0.15) is 0 Å². The SMILES string of the molecule is Cl.Cl.OC1(CCc2ccc(Oc3ccccc3)cc2)CCCCC1. The average Bonchev–Trinajstić information content (AvgIpc) is 2.56. The molecule has 2 aromatic rings. The maximum absolute atomic E-state index is 10.6. The topological polar surface area (TPSA) is 29.5 Å². The van der Waals surface area contributed by atoms with Crippen LogP contribution in [0.5, 0.6) is 11.5 Å². The molecule has 132 valence electrons. The zero-order valence-corrected chi connectivity index (χ0v) is 15.5. The maximum Gasteiger partial charge on any atom is 0.127 e. The van der Waals surface area contributed by atoms with Gasteiger partial charge in [0.2, 0.25) is 0 Å². The Morgan fingerprint density at radius 3 is 2.00 bits per heavy atom. The van der Waals surface area contributed by atoms with Crippen LogP contribution in [-0.4, -0.2) is 10.7 Å². The molecule has 0 heterocycles. The van der Waals surface area contributed by atoms with Crippen LogP contribution in [-0.2, 0) is 6.42 Å². The lowest BCUT2D eigenvalue weighted by molar-refractivity contribution is -0.00341. The molecule has 2 aromatic carbocycles. The average molecular weight is 369 g/mol. The van der Waals surface area contributed by atoms with Gasteiger partial charge < -0.3 is 9.84 Å². The second kappa shape index (κ2) is 9.93. The van der Waals surface area contributed by atoms with Crippen molar-refractivity contribution >= 4 is 24.8 Å². The van der Waals surface area contributed by atoms with E-state index >= 15 is 0 Å². The first-order valence-corrected chi connectivity index (χ1v) is 8.28. The first-order valence-electron chi connectivity index (χ1n) is 8.28. The highest BCUT2D eigenvalue weighted by Gasteiger charge is 2.28. The Labute approximate surface area is 157 Å². The Hall–Kier alpha value is -1.22. The van der Waals surface area contributed by atoms with Crippen LogP contribution in [0.2, 0.25) is 0 Å². The second-order valence-electron chi connectivity index (χ2n) is 6.34. The van der Waals surface area contributed by atoms with Gasteiger partial charge in [0.05, 0.1) is 5.60 Å². The number of para-hydroxylation sites is 1. The fraction of sp³-hybridized carbons (Fsp3) is 0.400. The summed E-state index contributed by atoms with van der Waals surface area (Å²) in [7, 11) is 0. The van der Waals surface area contributed by atoms with Crippen LogP contribution in [0, 0.1) is 0 Å². The van der Waals surface area contributed by atoms with E-state index in [0.29, 0.717) is 0 Å². The molecule has 0 saturated heterocycles. The Bertz CT molecular complexity index is 578. The van der Waals surface area contributed by atoms with Crippen molar-refractivity contribution in [3.63, 3.8) is 0 Å². The van der Waals surface area contributed by atoms with E-state index in [4.69, 9.17) is 4.74 Å². The third-order valence-electron chi connectivity index (χ3n) is 4.57. The van der Waals surface area contributed by atoms with Crippen molar-refractivity contribution in [1.82, 2.24) is 0 Å². The van der Waals surface area contributed by atoms with Gasteiger partial charge in [0.15, 0.2) is 0 Å². The molecule has 1 aliphatic carbocycles. The molecule has 2 nitrogen and oxygen atoms in total. The standard InChI is InChI=1S/C20H24O2.2ClH/c21-20(14-5-2-6-15-20)16-13-17-9-11-19(12-10-17)22-18-7-3-1-4-8-18;;/h1,3-4,7-12,21H,2,5-6,13-16H2;2*1H. The van der Waals surface area contributed by atoms with Crippen LogP contribution < -0.4 is 4.74 Å². The molecule has 3 rings (SSSR count). The van der Waals surface area contributed by atoms with Crippen molar-refractivity contribution in [1.29, 1.82) is 0 Å². The number of aryl methyl sites for hydroxylation is 1. The molecule has 0 aliphatic heterocycles. The number of ether oxygens (including phenoxy) is 1. The maximum atomic E-state index is 10.6. The monoisotopic (exact) mass is 368 g/mol. The van der Waals surface area contributed by atoms with Crippen molar-refractivity contribution < 1.29 is 9.84 Å². The Morgan fingerprint density at radius 2 is 1.38 bits per heavy atom. The molecule has 1 fully saturated rings. The zero-order chi connectivity index (χ0) is 15.3. The van der Waals surface area contributed by atoms with Crippen LogP contribution in [0.25, 0.3) is 0 Å². The van der Waals surface area contributed by atoms with Crippen LogP contribution in [0.1, 0.15) is 44.1 Å². The zero-order valence-electron chi connectivity index (χ0n) is 13.8. The molecule has 0 unspecified atom stereocenters. The minimum Gasteiger partial charge on any atom is -0.457 e. The van der Waals surface area contributed by atoms with E-state index in [0.717, 1.165) is 37.2 Å². The lowest BCUT2D eigenvalue weighted by Crippen LogP contribution is -2.31. The van der Waals surface area contributed by atoms with E-state index < -0.39 is 5.60 Å². The minimum absolute atomic E-state index is 0. The quantitative estimate of drug-likeness (QED) is 0.706. The highest BCUT2D eigenvalue weighted by Crippen LogP contribution is 2.32. The van der Waals surface area contributed by atoms with Crippen LogP contribution in [0.15, 0.2) is 54.6 Å². The molecule has 0 aromatic heterocycles. The van der Waals surface area contributed by atoms with Gasteiger partial charge in [-0.3, -0.25) is 0 Å². The molecule has 0 atom stereocenters. The van der Waals surface area contributed by atoms with Crippen molar-refractivity contribution in [2.75, 3.05) is 0 Å². The first-order chi connectivity index (χ1) is 10.7.